The van der Waals surface area contributed by atoms with Crippen molar-refractivity contribution in [2.45, 2.75) is 0 Å². The third-order valence-corrected chi connectivity index (χ3v) is 2.19. The number of rotatable bonds is 2. The summed E-state index contributed by atoms with van der Waals surface area (Å²) >= 11 is 0.0842. The van der Waals surface area contributed by atoms with Crippen molar-refractivity contribution in [2.75, 3.05) is 0 Å². The van der Waals surface area contributed by atoms with Gasteiger partial charge in [0.2, 0.25) is 0 Å². The molecule has 0 bridgehead atoms. The lowest BCUT2D eigenvalue weighted by molar-refractivity contribution is 0.112. The van der Waals surface area contributed by atoms with Gasteiger partial charge in [-0.25, -0.2) is 8.96 Å². The van der Waals surface area contributed by atoms with Crippen molar-refractivity contribution >= 4 is 29.7 Å². The van der Waals surface area contributed by atoms with Crippen LogP contribution >= 0.6 is 12.3 Å². The van der Waals surface area contributed by atoms with Crippen LogP contribution in [0.15, 0.2) is 24.5 Å². The fourth-order valence-electron chi connectivity index (χ4n) is 1.14. The number of hydrogen-bond donors (Lipinski definition) is 0. The van der Waals surface area contributed by atoms with Crippen LogP contribution in [0.2, 0.25) is 0 Å². The molecule has 0 spiro atoms. The minimum absolute atomic E-state index is 0.0842. The first-order valence-electron chi connectivity index (χ1n) is 3.56. The highest BCUT2D eigenvalue weighted by molar-refractivity contribution is 7.92. The van der Waals surface area contributed by atoms with E-state index in [2.05, 4.69) is 4.98 Å². The Hall–Kier alpha value is -1.36. The van der Waals surface area contributed by atoms with Crippen molar-refractivity contribution in [1.82, 2.24) is 8.96 Å². The predicted molar refractivity (Wildman–Crippen MR) is 49.2 cm³/mol. The summed E-state index contributed by atoms with van der Waals surface area (Å²) in [7, 11) is 0. The Morgan fingerprint density at radius 2 is 2.38 bits per heavy atom. The zero-order valence-corrected chi connectivity index (χ0v) is 7.29. The van der Waals surface area contributed by atoms with E-state index in [1.807, 2.05) is 0 Å². The molecule has 1 aromatic carbocycles. The molecule has 66 valence electrons. The van der Waals surface area contributed by atoms with Gasteiger partial charge >= 0.3 is 0 Å². The molecule has 0 aliphatic heterocycles. The second kappa shape index (κ2) is 3.18. The van der Waals surface area contributed by atoms with Crippen molar-refractivity contribution in [3.63, 3.8) is 0 Å². The monoisotopic (exact) mass is 196 g/mol. The largest absolute Gasteiger partial charge is 0.298 e. The number of nitrogens with zero attached hydrogens (tertiary/aromatic N) is 2. The van der Waals surface area contributed by atoms with Gasteiger partial charge in [-0.2, -0.15) is 0 Å². The zero-order chi connectivity index (χ0) is 9.26. The maximum atomic E-state index is 12.2. The predicted octanol–water partition coefficient (Wildman–Crippen LogP) is 2.23. The molecular weight excluding hydrogens is 191 g/mol. The van der Waals surface area contributed by atoms with Gasteiger partial charge in [0.25, 0.3) is 0 Å². The van der Waals surface area contributed by atoms with Gasteiger partial charge in [0.05, 0.1) is 11.0 Å². The highest BCUT2D eigenvalue weighted by Crippen LogP contribution is 2.19. The average molecular weight is 196 g/mol. The number of benzene rings is 1. The molecule has 0 amide bonds. The lowest BCUT2D eigenvalue weighted by atomic mass is 10.2. The Labute approximate surface area is 78.0 Å². The van der Waals surface area contributed by atoms with Crippen LogP contribution in [0.1, 0.15) is 10.4 Å². The van der Waals surface area contributed by atoms with Gasteiger partial charge in [-0.3, -0.25) is 4.79 Å². The van der Waals surface area contributed by atoms with E-state index >= 15 is 0 Å². The number of carbonyl (C=O) groups is 1. The number of aldehydes is 1. The normalized spacial score (nSPS) is 10.5. The summed E-state index contributed by atoms with van der Waals surface area (Å²) in [5.74, 6) is 0. The molecule has 0 N–H and O–H groups in total. The third-order valence-electron chi connectivity index (χ3n) is 1.75. The number of fused-ring (bicyclic) bond motifs is 1. The molecule has 0 radical (unpaired) electrons. The fourth-order valence-corrected chi connectivity index (χ4v) is 1.45. The van der Waals surface area contributed by atoms with E-state index < -0.39 is 0 Å². The third kappa shape index (κ3) is 1.31. The van der Waals surface area contributed by atoms with Crippen LogP contribution in [0.4, 0.5) is 3.89 Å². The van der Waals surface area contributed by atoms with Gasteiger partial charge in [0.1, 0.15) is 12.6 Å². The summed E-state index contributed by atoms with van der Waals surface area (Å²) in [4.78, 5) is 14.4. The van der Waals surface area contributed by atoms with Crippen LogP contribution < -0.4 is 0 Å². The lowest BCUT2D eigenvalue weighted by Gasteiger charge is -1.93. The van der Waals surface area contributed by atoms with Crippen LogP contribution in [0.25, 0.3) is 11.0 Å². The van der Waals surface area contributed by atoms with E-state index in [4.69, 9.17) is 0 Å². The molecule has 1 heterocycles. The van der Waals surface area contributed by atoms with Crippen molar-refractivity contribution in [3.8, 4) is 0 Å². The fraction of sp³-hybridized carbons (Fsp3) is 0. The molecule has 2 rings (SSSR count). The molecule has 0 fully saturated rings. The van der Waals surface area contributed by atoms with Gasteiger partial charge in [-0.05, 0) is 18.2 Å². The van der Waals surface area contributed by atoms with Gasteiger partial charge in [-0.15, -0.1) is 3.89 Å². The van der Waals surface area contributed by atoms with Crippen LogP contribution in [0, 0.1) is 0 Å². The Morgan fingerprint density at radius 3 is 3.08 bits per heavy atom. The molecule has 13 heavy (non-hydrogen) atoms. The second-order valence-electron chi connectivity index (χ2n) is 2.51. The minimum Gasteiger partial charge on any atom is -0.298 e. The van der Waals surface area contributed by atoms with E-state index in [-0.39, 0.29) is 12.3 Å². The number of halogens is 1. The highest BCUT2D eigenvalue weighted by atomic mass is 32.2. The number of aromatic nitrogens is 2. The summed E-state index contributed by atoms with van der Waals surface area (Å²) in [5, 5.41) is 0. The number of imidazole rings is 1. The van der Waals surface area contributed by atoms with Gasteiger partial charge in [-0.1, -0.05) is 0 Å². The SMILES string of the molecule is O=Cc1ccc2c(c1)ncn2SF. The van der Waals surface area contributed by atoms with Crippen LogP contribution in [-0.4, -0.2) is 15.2 Å². The number of hydrogen-bond acceptors (Lipinski definition) is 3. The van der Waals surface area contributed by atoms with Crippen molar-refractivity contribution in [2.24, 2.45) is 0 Å². The summed E-state index contributed by atoms with van der Waals surface area (Å²) in [6, 6.07) is 4.91. The average Bonchev–Trinajstić information content (AvgIpc) is 2.59. The van der Waals surface area contributed by atoms with Crippen LogP contribution in [0.3, 0.4) is 0 Å². The summed E-state index contributed by atoms with van der Waals surface area (Å²) in [5.41, 5.74) is 1.83. The van der Waals surface area contributed by atoms with E-state index in [0.29, 0.717) is 16.6 Å². The van der Waals surface area contributed by atoms with E-state index in [1.54, 1.807) is 18.2 Å². The van der Waals surface area contributed by atoms with Crippen molar-refractivity contribution < 1.29 is 8.68 Å². The smallest absolute Gasteiger partial charge is 0.171 e. The molecule has 0 aliphatic carbocycles. The Morgan fingerprint density at radius 1 is 1.54 bits per heavy atom. The maximum Gasteiger partial charge on any atom is 0.171 e. The molecular formula is C8H5FN2OS. The molecule has 0 aliphatic rings. The second-order valence-corrected chi connectivity index (χ2v) is 3.04. The number of carbonyl (C=O) groups excluding carboxylic acids is 1. The quantitative estimate of drug-likeness (QED) is 0.691. The standard InChI is InChI=1S/C8H5FN2OS/c9-13-11-5-10-7-3-6(4-12)1-2-8(7)11/h1-5H. The molecule has 1 aromatic heterocycles. The van der Waals surface area contributed by atoms with E-state index in [0.717, 1.165) is 6.29 Å². The van der Waals surface area contributed by atoms with Gasteiger partial charge < -0.3 is 0 Å². The first-order valence-corrected chi connectivity index (χ1v) is 4.24. The minimum atomic E-state index is 0.0842. The van der Waals surface area contributed by atoms with Crippen molar-refractivity contribution in [1.29, 1.82) is 0 Å². The van der Waals surface area contributed by atoms with E-state index in [1.165, 1.54) is 10.3 Å². The molecule has 0 saturated heterocycles. The molecule has 0 atom stereocenters. The maximum absolute atomic E-state index is 12.2. The molecule has 0 saturated carbocycles. The van der Waals surface area contributed by atoms with Crippen LogP contribution in [-0.2, 0) is 0 Å². The molecule has 0 unspecified atom stereocenters. The Balaban J connectivity index is 2.67. The zero-order valence-electron chi connectivity index (χ0n) is 6.48. The van der Waals surface area contributed by atoms with E-state index in [9.17, 15) is 8.68 Å². The van der Waals surface area contributed by atoms with Crippen LogP contribution in [0.5, 0.6) is 0 Å². The summed E-state index contributed by atoms with van der Waals surface area (Å²) < 4.78 is 13.5. The first kappa shape index (κ1) is 8.25. The Bertz CT molecular complexity index is 454. The molecule has 2 aromatic rings. The summed E-state index contributed by atoms with van der Waals surface area (Å²) in [6.07, 6.45) is 2.12. The molecule has 5 heteroatoms. The highest BCUT2D eigenvalue weighted by Gasteiger charge is 2.03. The van der Waals surface area contributed by atoms with Gasteiger partial charge in [0.15, 0.2) is 12.3 Å². The molecule has 3 nitrogen and oxygen atoms in total. The van der Waals surface area contributed by atoms with Gasteiger partial charge in [0, 0.05) is 5.56 Å². The topological polar surface area (TPSA) is 34.9 Å². The van der Waals surface area contributed by atoms with Crippen molar-refractivity contribution in [3.05, 3.63) is 30.1 Å². The first-order chi connectivity index (χ1) is 6.35. The summed E-state index contributed by atoms with van der Waals surface area (Å²) in [6.45, 7) is 0. The lowest BCUT2D eigenvalue weighted by Crippen LogP contribution is -1.81. The Kier molecular flexibility index (Phi) is 2.02.